The summed E-state index contributed by atoms with van der Waals surface area (Å²) >= 11 is 5.40. The molecule has 158 valence electrons. The number of rotatable bonds is 9. The predicted octanol–water partition coefficient (Wildman–Crippen LogP) is 4.29. The van der Waals surface area contributed by atoms with Crippen LogP contribution in [0.15, 0.2) is 35.5 Å². The number of amides is 1. The van der Waals surface area contributed by atoms with Gasteiger partial charge >= 0.3 is 5.97 Å². The summed E-state index contributed by atoms with van der Waals surface area (Å²) in [6.45, 7) is 4.02. The van der Waals surface area contributed by atoms with E-state index in [-0.39, 0.29) is 5.91 Å². The number of benzene rings is 1. The van der Waals surface area contributed by atoms with Crippen molar-refractivity contribution in [2.45, 2.75) is 58.4 Å². The first kappa shape index (κ1) is 22.9. The quantitative estimate of drug-likeness (QED) is 0.355. The highest BCUT2D eigenvalue weighted by Crippen LogP contribution is 2.31. The minimum atomic E-state index is -0.433. The monoisotopic (exact) mass is 417 g/mol. The van der Waals surface area contributed by atoms with Crippen LogP contribution in [-0.4, -0.2) is 36.0 Å². The number of allylic oxidation sites excluding steroid dienone is 1. The lowest BCUT2D eigenvalue weighted by Crippen LogP contribution is -2.46. The van der Waals surface area contributed by atoms with Crippen LogP contribution in [0, 0.1) is 0 Å². The summed E-state index contributed by atoms with van der Waals surface area (Å²) in [6, 6.07) is 7.05. The number of thiocarbonyl (C=S) groups is 1. The van der Waals surface area contributed by atoms with E-state index in [2.05, 4.69) is 17.6 Å². The third-order valence-electron chi connectivity index (χ3n) is 5.17. The van der Waals surface area contributed by atoms with E-state index in [0.717, 1.165) is 24.1 Å². The van der Waals surface area contributed by atoms with Crippen molar-refractivity contribution in [3.8, 4) is 0 Å². The Hall–Kier alpha value is -2.41. The Morgan fingerprint density at radius 2 is 1.97 bits per heavy atom. The fourth-order valence-corrected chi connectivity index (χ4v) is 3.62. The van der Waals surface area contributed by atoms with E-state index in [1.54, 1.807) is 11.9 Å². The van der Waals surface area contributed by atoms with Gasteiger partial charge < -0.3 is 20.3 Å². The van der Waals surface area contributed by atoms with Crippen molar-refractivity contribution in [3.05, 3.63) is 41.1 Å². The van der Waals surface area contributed by atoms with E-state index in [9.17, 15) is 9.59 Å². The average molecular weight is 418 g/mol. The van der Waals surface area contributed by atoms with E-state index >= 15 is 0 Å². The third kappa shape index (κ3) is 6.03. The lowest BCUT2D eigenvalue weighted by Gasteiger charge is -2.35. The maximum absolute atomic E-state index is 12.4. The second-order valence-corrected chi connectivity index (χ2v) is 7.66. The smallest absolute Gasteiger partial charge is 0.337 e. The molecule has 0 saturated heterocycles. The number of anilines is 1. The van der Waals surface area contributed by atoms with Crippen molar-refractivity contribution in [2.24, 2.45) is 0 Å². The Balaban J connectivity index is 2.14. The highest BCUT2D eigenvalue weighted by molar-refractivity contribution is 7.80. The molecule has 0 saturated carbocycles. The number of methoxy groups -OCH3 is 1. The summed E-state index contributed by atoms with van der Waals surface area (Å²) in [4.78, 5) is 26.4. The van der Waals surface area contributed by atoms with Gasteiger partial charge in [0.05, 0.1) is 18.7 Å². The van der Waals surface area contributed by atoms with E-state index < -0.39 is 12.0 Å². The molecule has 0 radical (unpaired) electrons. The van der Waals surface area contributed by atoms with Gasteiger partial charge in [-0.2, -0.15) is 0 Å². The third-order valence-corrected chi connectivity index (χ3v) is 5.56. The van der Waals surface area contributed by atoms with Crippen LogP contribution in [0.4, 0.5) is 5.69 Å². The molecule has 0 aromatic heterocycles. The Kier molecular flexibility index (Phi) is 8.64. The van der Waals surface area contributed by atoms with E-state index in [1.807, 2.05) is 31.2 Å². The maximum Gasteiger partial charge on any atom is 0.337 e. The van der Waals surface area contributed by atoms with Crippen molar-refractivity contribution >= 4 is 34.9 Å². The zero-order valence-electron chi connectivity index (χ0n) is 17.7. The number of hydrogen-bond donors (Lipinski definition) is 2. The first-order valence-corrected chi connectivity index (χ1v) is 10.5. The number of ether oxygens (including phenoxy) is 1. The summed E-state index contributed by atoms with van der Waals surface area (Å²) in [6.07, 6.45) is 6.05. The number of esters is 1. The molecule has 0 fully saturated rings. The minimum Gasteiger partial charge on any atom is -0.466 e. The van der Waals surface area contributed by atoms with Crippen molar-refractivity contribution < 1.29 is 14.3 Å². The highest BCUT2D eigenvalue weighted by Gasteiger charge is 2.33. The van der Waals surface area contributed by atoms with Crippen molar-refractivity contribution in [2.75, 3.05) is 19.5 Å². The molecule has 1 aliphatic heterocycles. The Morgan fingerprint density at radius 1 is 1.24 bits per heavy atom. The average Bonchev–Trinajstić information content (AvgIpc) is 2.71. The van der Waals surface area contributed by atoms with Crippen LogP contribution in [0.1, 0.15) is 64.0 Å². The van der Waals surface area contributed by atoms with Gasteiger partial charge in [-0.3, -0.25) is 4.79 Å². The molecule has 1 heterocycles. The number of hydrogen-bond acceptors (Lipinski definition) is 4. The molecule has 0 aliphatic carbocycles. The van der Waals surface area contributed by atoms with Crippen molar-refractivity contribution in [3.63, 3.8) is 0 Å². The zero-order valence-corrected chi connectivity index (χ0v) is 18.5. The van der Waals surface area contributed by atoms with Crippen LogP contribution in [0.2, 0.25) is 0 Å². The van der Waals surface area contributed by atoms with Crippen LogP contribution >= 0.6 is 12.2 Å². The predicted molar refractivity (Wildman–Crippen MR) is 119 cm³/mol. The van der Waals surface area contributed by atoms with Crippen molar-refractivity contribution in [1.82, 2.24) is 10.2 Å². The second kappa shape index (κ2) is 11.0. The highest BCUT2D eigenvalue weighted by atomic mass is 32.1. The standard InChI is InChI=1S/C22H31N3O3S/c1-5-6-7-8-9-13-18(26)23-17-12-10-11-16(14-17)20-19(21(27)28-4)15(2)25(3)22(29)24-20/h10-12,14,20H,5-9,13H2,1-4H3,(H,23,26)(H,24,29). The molecule has 1 atom stereocenters. The number of nitrogens with one attached hydrogen (secondary N) is 2. The van der Waals surface area contributed by atoms with Gasteiger partial charge in [-0.25, -0.2) is 4.79 Å². The summed E-state index contributed by atoms with van der Waals surface area (Å²) in [7, 11) is 3.17. The Labute approximate surface area is 178 Å². The maximum atomic E-state index is 12.4. The van der Waals surface area contributed by atoms with Gasteiger partial charge in [0, 0.05) is 24.9 Å². The van der Waals surface area contributed by atoms with Gasteiger partial charge in [-0.05, 0) is 43.3 Å². The molecule has 1 aromatic rings. The second-order valence-electron chi connectivity index (χ2n) is 7.27. The zero-order chi connectivity index (χ0) is 21.4. The van der Waals surface area contributed by atoms with Gasteiger partial charge in [0.2, 0.25) is 5.91 Å². The van der Waals surface area contributed by atoms with Crippen LogP contribution in [-0.2, 0) is 14.3 Å². The Bertz CT molecular complexity index is 791. The van der Waals surface area contributed by atoms with Crippen LogP contribution < -0.4 is 10.6 Å². The molecular formula is C22H31N3O3S. The molecule has 2 rings (SSSR count). The van der Waals surface area contributed by atoms with E-state index in [4.69, 9.17) is 17.0 Å². The topological polar surface area (TPSA) is 70.7 Å². The van der Waals surface area contributed by atoms with Gasteiger partial charge in [0.25, 0.3) is 0 Å². The van der Waals surface area contributed by atoms with Gasteiger partial charge in [0.15, 0.2) is 5.11 Å². The molecule has 0 bridgehead atoms. The minimum absolute atomic E-state index is 0.00502. The SMILES string of the molecule is CCCCCCCC(=O)Nc1cccc(C2NC(=S)N(C)C(C)=C2C(=O)OC)c1. The molecule has 2 N–H and O–H groups in total. The lowest BCUT2D eigenvalue weighted by atomic mass is 9.95. The van der Waals surface area contributed by atoms with Gasteiger partial charge in [-0.15, -0.1) is 0 Å². The summed E-state index contributed by atoms with van der Waals surface area (Å²) in [5, 5.41) is 6.69. The molecule has 7 heteroatoms. The summed E-state index contributed by atoms with van der Waals surface area (Å²) in [5.41, 5.74) is 2.78. The fourth-order valence-electron chi connectivity index (χ4n) is 3.37. The fraction of sp³-hybridized carbons (Fsp3) is 0.500. The van der Waals surface area contributed by atoms with Crippen LogP contribution in [0.25, 0.3) is 0 Å². The molecule has 1 aliphatic rings. The summed E-state index contributed by atoms with van der Waals surface area (Å²) in [5.74, 6) is -0.402. The number of unbranched alkanes of at least 4 members (excludes halogenated alkanes) is 4. The Morgan fingerprint density at radius 3 is 2.66 bits per heavy atom. The lowest BCUT2D eigenvalue weighted by molar-refractivity contribution is -0.136. The molecule has 29 heavy (non-hydrogen) atoms. The summed E-state index contributed by atoms with van der Waals surface area (Å²) < 4.78 is 4.99. The first-order valence-electron chi connectivity index (χ1n) is 10.1. The molecule has 0 spiro atoms. The first-order chi connectivity index (χ1) is 13.9. The number of nitrogens with zero attached hydrogens (tertiary/aromatic N) is 1. The van der Waals surface area contributed by atoms with Gasteiger partial charge in [-0.1, -0.05) is 44.7 Å². The van der Waals surface area contributed by atoms with E-state index in [1.165, 1.54) is 26.4 Å². The molecular weight excluding hydrogens is 386 g/mol. The number of carbonyl (C=O) groups excluding carboxylic acids is 2. The number of carbonyl (C=O) groups is 2. The van der Waals surface area contributed by atoms with Crippen molar-refractivity contribution in [1.29, 1.82) is 0 Å². The normalized spacial score (nSPS) is 16.5. The molecule has 1 unspecified atom stereocenters. The van der Waals surface area contributed by atoms with E-state index in [0.29, 0.717) is 22.8 Å². The largest absolute Gasteiger partial charge is 0.466 e. The van der Waals surface area contributed by atoms with Crippen LogP contribution in [0.3, 0.4) is 0 Å². The van der Waals surface area contributed by atoms with Gasteiger partial charge in [0.1, 0.15) is 0 Å². The molecule has 1 amide bonds. The molecule has 1 aromatic carbocycles. The molecule has 6 nitrogen and oxygen atoms in total. The van der Waals surface area contributed by atoms with Crippen LogP contribution in [0.5, 0.6) is 0 Å².